The maximum absolute atomic E-state index is 13.8. The van der Waals surface area contributed by atoms with Gasteiger partial charge in [0, 0.05) is 23.6 Å². The number of ether oxygens (including phenoxy) is 1. The van der Waals surface area contributed by atoms with Crippen LogP contribution in [0, 0.1) is 11.3 Å². The average molecular weight is 449 g/mol. The van der Waals surface area contributed by atoms with E-state index in [1.165, 1.54) is 0 Å². The van der Waals surface area contributed by atoms with E-state index in [4.69, 9.17) is 9.73 Å². The van der Waals surface area contributed by atoms with Crippen LogP contribution in [0.5, 0.6) is 5.75 Å². The summed E-state index contributed by atoms with van der Waals surface area (Å²) in [7, 11) is 1.66. The van der Waals surface area contributed by atoms with Crippen molar-refractivity contribution in [3.05, 3.63) is 54.1 Å². The van der Waals surface area contributed by atoms with Crippen LogP contribution in [0.3, 0.4) is 0 Å². The van der Waals surface area contributed by atoms with Gasteiger partial charge in [0.25, 0.3) is 0 Å². The van der Waals surface area contributed by atoms with Crippen LogP contribution in [-0.4, -0.2) is 29.9 Å². The number of aliphatic hydroxyl groups is 1. The van der Waals surface area contributed by atoms with E-state index in [9.17, 15) is 9.90 Å². The highest BCUT2D eigenvalue weighted by Gasteiger charge is 2.48. The van der Waals surface area contributed by atoms with Crippen LogP contribution < -0.4 is 9.64 Å². The molecule has 2 aromatic carbocycles. The number of carbonyl (C=O) groups excluding carboxylic acids is 1. The molecule has 1 saturated carbocycles. The number of benzene rings is 2. The van der Waals surface area contributed by atoms with E-state index in [1.807, 2.05) is 53.4 Å². The van der Waals surface area contributed by atoms with Crippen molar-refractivity contribution in [1.82, 2.24) is 0 Å². The van der Waals surface area contributed by atoms with E-state index in [0.29, 0.717) is 12.8 Å². The number of fused-ring (bicyclic) bond motifs is 2. The third kappa shape index (κ3) is 4.70. The SMILES string of the molecule is CCCCCC(=O)N1c2ccccc2N=C2CC(C)(C)C[C@H](O)[C@@H]2[C@H]1c1ccccc1OC. The molecule has 2 aromatic rings. The second-order valence-corrected chi connectivity index (χ2v) is 10.1. The number of nitrogens with zero attached hydrogens (tertiary/aromatic N) is 2. The highest BCUT2D eigenvalue weighted by atomic mass is 16.5. The fourth-order valence-corrected chi connectivity index (χ4v) is 5.51. The molecule has 1 N–H and O–H groups in total. The van der Waals surface area contributed by atoms with Gasteiger partial charge in [-0.15, -0.1) is 0 Å². The van der Waals surface area contributed by atoms with Crippen LogP contribution >= 0.6 is 0 Å². The van der Waals surface area contributed by atoms with Crippen molar-refractivity contribution >= 4 is 23.0 Å². The lowest BCUT2D eigenvalue weighted by molar-refractivity contribution is -0.119. The van der Waals surface area contributed by atoms with Crippen LogP contribution in [0.2, 0.25) is 0 Å². The Morgan fingerprint density at radius 2 is 1.88 bits per heavy atom. The van der Waals surface area contributed by atoms with E-state index in [2.05, 4.69) is 20.8 Å². The first-order valence-electron chi connectivity index (χ1n) is 12.2. The van der Waals surface area contributed by atoms with E-state index in [1.54, 1.807) is 7.11 Å². The summed E-state index contributed by atoms with van der Waals surface area (Å²) in [4.78, 5) is 20.8. The third-order valence-electron chi connectivity index (χ3n) is 6.96. The topological polar surface area (TPSA) is 62.1 Å². The molecule has 0 bridgehead atoms. The number of amides is 1. The molecule has 0 radical (unpaired) electrons. The van der Waals surface area contributed by atoms with Gasteiger partial charge in [0.2, 0.25) is 5.91 Å². The minimum atomic E-state index is -0.609. The molecule has 4 rings (SSSR count). The molecule has 5 nitrogen and oxygen atoms in total. The van der Waals surface area contributed by atoms with Gasteiger partial charge in [-0.3, -0.25) is 9.79 Å². The van der Waals surface area contributed by atoms with Crippen molar-refractivity contribution in [2.45, 2.75) is 71.4 Å². The molecule has 1 heterocycles. The number of aliphatic imine (C=N–C) groups is 1. The molecular weight excluding hydrogens is 412 g/mol. The average Bonchev–Trinajstić information content (AvgIpc) is 2.92. The van der Waals surface area contributed by atoms with Crippen molar-refractivity contribution in [1.29, 1.82) is 0 Å². The number of para-hydroxylation sites is 3. The van der Waals surface area contributed by atoms with Crippen LogP contribution in [0.15, 0.2) is 53.5 Å². The lowest BCUT2D eigenvalue weighted by atomic mass is 9.67. The second kappa shape index (κ2) is 9.68. The van der Waals surface area contributed by atoms with Crippen LogP contribution in [0.4, 0.5) is 11.4 Å². The second-order valence-electron chi connectivity index (χ2n) is 10.1. The molecule has 176 valence electrons. The molecule has 3 atom stereocenters. The van der Waals surface area contributed by atoms with Crippen molar-refractivity contribution in [2.24, 2.45) is 16.3 Å². The Balaban J connectivity index is 1.92. The van der Waals surface area contributed by atoms with Gasteiger partial charge in [-0.2, -0.15) is 0 Å². The summed E-state index contributed by atoms with van der Waals surface area (Å²) in [5.74, 6) is 0.502. The number of carbonyl (C=O) groups is 1. The summed E-state index contributed by atoms with van der Waals surface area (Å²) < 4.78 is 5.75. The van der Waals surface area contributed by atoms with Gasteiger partial charge in [0.05, 0.1) is 30.6 Å². The van der Waals surface area contributed by atoms with Crippen LogP contribution in [0.1, 0.15) is 70.9 Å². The Labute approximate surface area is 197 Å². The quantitative estimate of drug-likeness (QED) is 0.533. The number of aliphatic hydroxyl groups excluding tert-OH is 1. The number of rotatable bonds is 6. The molecular formula is C28H36N2O3. The molecule has 0 spiro atoms. The Morgan fingerprint density at radius 3 is 2.64 bits per heavy atom. The number of methoxy groups -OCH3 is 1. The summed E-state index contributed by atoms with van der Waals surface area (Å²) in [6, 6.07) is 15.4. The van der Waals surface area contributed by atoms with E-state index in [-0.39, 0.29) is 23.3 Å². The minimum Gasteiger partial charge on any atom is -0.496 e. The summed E-state index contributed by atoms with van der Waals surface area (Å²) in [6.07, 6.45) is 4.23. The monoisotopic (exact) mass is 448 g/mol. The number of hydrogen-bond acceptors (Lipinski definition) is 4. The largest absolute Gasteiger partial charge is 0.496 e. The van der Waals surface area contributed by atoms with Crippen molar-refractivity contribution in [3.63, 3.8) is 0 Å². The van der Waals surface area contributed by atoms with Crippen LogP contribution in [-0.2, 0) is 4.79 Å². The van der Waals surface area contributed by atoms with Gasteiger partial charge < -0.3 is 14.7 Å². The zero-order valence-corrected chi connectivity index (χ0v) is 20.3. The Kier molecular flexibility index (Phi) is 6.89. The summed E-state index contributed by atoms with van der Waals surface area (Å²) in [5, 5.41) is 11.5. The van der Waals surface area contributed by atoms with Gasteiger partial charge in [-0.1, -0.05) is 63.9 Å². The van der Waals surface area contributed by atoms with Crippen molar-refractivity contribution in [3.8, 4) is 5.75 Å². The maximum atomic E-state index is 13.8. The zero-order chi connectivity index (χ0) is 23.6. The molecule has 1 amide bonds. The van der Waals surface area contributed by atoms with E-state index < -0.39 is 6.10 Å². The predicted octanol–water partition coefficient (Wildman–Crippen LogP) is 6.23. The molecule has 5 heteroatoms. The molecule has 0 saturated heterocycles. The number of anilines is 1. The molecule has 33 heavy (non-hydrogen) atoms. The Bertz CT molecular complexity index is 1030. The molecule has 0 unspecified atom stereocenters. The summed E-state index contributed by atoms with van der Waals surface area (Å²) in [5.41, 5.74) is 3.42. The van der Waals surface area contributed by atoms with Gasteiger partial charge in [0.1, 0.15) is 5.75 Å². The highest BCUT2D eigenvalue weighted by Crippen LogP contribution is 2.51. The number of hydrogen-bond donors (Lipinski definition) is 1. The molecule has 1 aliphatic carbocycles. The Hall–Kier alpha value is -2.66. The fourth-order valence-electron chi connectivity index (χ4n) is 5.51. The van der Waals surface area contributed by atoms with Gasteiger partial charge >= 0.3 is 0 Å². The molecule has 1 aliphatic heterocycles. The third-order valence-corrected chi connectivity index (χ3v) is 6.96. The van der Waals surface area contributed by atoms with Crippen molar-refractivity contribution < 1.29 is 14.6 Å². The van der Waals surface area contributed by atoms with Gasteiger partial charge in [0.15, 0.2) is 0 Å². The van der Waals surface area contributed by atoms with Gasteiger partial charge in [-0.25, -0.2) is 0 Å². The zero-order valence-electron chi connectivity index (χ0n) is 20.3. The number of unbranched alkanes of at least 4 members (excludes halogenated alkanes) is 2. The van der Waals surface area contributed by atoms with Crippen LogP contribution in [0.25, 0.3) is 0 Å². The van der Waals surface area contributed by atoms with E-state index in [0.717, 1.165) is 54.1 Å². The first kappa shape index (κ1) is 23.5. The summed E-state index contributed by atoms with van der Waals surface area (Å²) >= 11 is 0. The Morgan fingerprint density at radius 1 is 1.15 bits per heavy atom. The molecule has 1 fully saturated rings. The van der Waals surface area contributed by atoms with Gasteiger partial charge in [-0.05, 0) is 42.9 Å². The first-order chi connectivity index (χ1) is 15.9. The smallest absolute Gasteiger partial charge is 0.227 e. The maximum Gasteiger partial charge on any atom is 0.227 e. The first-order valence-corrected chi connectivity index (χ1v) is 12.2. The fraction of sp³-hybridized carbons (Fsp3) is 0.500. The normalized spacial score (nSPS) is 23.7. The molecule has 2 aliphatic rings. The standard InChI is InChI=1S/C28H36N2O3/c1-5-6-7-16-25(32)30-22-14-10-9-13-20(22)29-21-17-28(2,3)18-23(31)26(21)27(30)19-12-8-11-15-24(19)33-4/h8-15,23,26-27,31H,5-7,16-18H2,1-4H3/t23-,26+,27+/m0/s1. The highest BCUT2D eigenvalue weighted by molar-refractivity contribution is 6.03. The lowest BCUT2D eigenvalue weighted by Gasteiger charge is -2.45. The van der Waals surface area contributed by atoms with E-state index >= 15 is 0 Å². The predicted molar refractivity (Wildman–Crippen MR) is 133 cm³/mol. The minimum absolute atomic E-state index is 0.0602. The lowest BCUT2D eigenvalue weighted by Crippen LogP contribution is -2.49. The molecule has 0 aromatic heterocycles. The summed E-state index contributed by atoms with van der Waals surface area (Å²) in [6.45, 7) is 6.50. The van der Waals surface area contributed by atoms with Crippen molar-refractivity contribution in [2.75, 3.05) is 12.0 Å².